The molecule has 4 heteroatoms. The summed E-state index contributed by atoms with van der Waals surface area (Å²) in [5.41, 5.74) is 0.887. The lowest BCUT2D eigenvalue weighted by molar-refractivity contribution is 0.281. The summed E-state index contributed by atoms with van der Waals surface area (Å²) in [5.74, 6) is 1.74. The van der Waals surface area contributed by atoms with Crippen molar-refractivity contribution < 1.29 is 9.84 Å². The number of likely N-dealkylation sites (N-methyl/N-ethyl adjacent to an activating group) is 1. The van der Waals surface area contributed by atoms with Gasteiger partial charge in [-0.25, -0.2) is 4.98 Å². The fourth-order valence-corrected chi connectivity index (χ4v) is 1.69. The third-order valence-corrected chi connectivity index (χ3v) is 2.84. The minimum Gasteiger partial charge on any atom is -0.492 e. The number of ether oxygens (including phenoxy) is 1. The SMILES string of the molecule is CN(CCOc1ccc(CO)cc1)c1ccccn1. The molecule has 0 spiro atoms. The van der Waals surface area contributed by atoms with Gasteiger partial charge in [-0.05, 0) is 29.8 Å². The van der Waals surface area contributed by atoms with E-state index >= 15 is 0 Å². The van der Waals surface area contributed by atoms with Crippen LogP contribution >= 0.6 is 0 Å². The number of anilines is 1. The molecular weight excluding hydrogens is 240 g/mol. The van der Waals surface area contributed by atoms with Crippen molar-refractivity contribution in [1.29, 1.82) is 0 Å². The van der Waals surface area contributed by atoms with Crippen molar-refractivity contribution in [3.63, 3.8) is 0 Å². The average Bonchev–Trinajstić information content (AvgIpc) is 2.49. The van der Waals surface area contributed by atoms with Crippen LogP contribution in [-0.2, 0) is 6.61 Å². The Morgan fingerprint density at radius 3 is 2.58 bits per heavy atom. The third-order valence-electron chi connectivity index (χ3n) is 2.84. The molecule has 0 aliphatic rings. The third kappa shape index (κ3) is 3.96. The molecular formula is C15H18N2O2. The maximum atomic E-state index is 8.95. The first kappa shape index (κ1) is 13.4. The van der Waals surface area contributed by atoms with E-state index in [1.165, 1.54) is 0 Å². The molecule has 1 aromatic heterocycles. The van der Waals surface area contributed by atoms with E-state index in [4.69, 9.17) is 9.84 Å². The fraction of sp³-hybridized carbons (Fsp3) is 0.267. The highest BCUT2D eigenvalue weighted by atomic mass is 16.5. The molecule has 0 saturated heterocycles. The van der Waals surface area contributed by atoms with Gasteiger partial charge in [0.15, 0.2) is 0 Å². The van der Waals surface area contributed by atoms with Gasteiger partial charge in [0.1, 0.15) is 18.2 Å². The van der Waals surface area contributed by atoms with Gasteiger partial charge in [-0.1, -0.05) is 18.2 Å². The number of pyridine rings is 1. The van der Waals surface area contributed by atoms with E-state index < -0.39 is 0 Å². The second-order valence-corrected chi connectivity index (χ2v) is 4.26. The van der Waals surface area contributed by atoms with Crippen LogP contribution in [0.25, 0.3) is 0 Å². The zero-order valence-electron chi connectivity index (χ0n) is 11.0. The Morgan fingerprint density at radius 2 is 1.95 bits per heavy atom. The highest BCUT2D eigenvalue weighted by Crippen LogP contribution is 2.12. The summed E-state index contributed by atoms with van der Waals surface area (Å²) < 4.78 is 5.65. The van der Waals surface area contributed by atoms with Gasteiger partial charge < -0.3 is 14.7 Å². The zero-order chi connectivity index (χ0) is 13.5. The van der Waals surface area contributed by atoms with Gasteiger partial charge in [-0.15, -0.1) is 0 Å². The summed E-state index contributed by atoms with van der Waals surface area (Å²) in [6.45, 7) is 1.41. The molecule has 0 atom stereocenters. The van der Waals surface area contributed by atoms with Gasteiger partial charge in [0, 0.05) is 13.2 Å². The van der Waals surface area contributed by atoms with Crippen LogP contribution in [0, 0.1) is 0 Å². The molecule has 1 N–H and O–H groups in total. The van der Waals surface area contributed by atoms with Crippen LogP contribution in [0.4, 0.5) is 5.82 Å². The molecule has 1 heterocycles. The number of aromatic nitrogens is 1. The summed E-state index contributed by atoms with van der Waals surface area (Å²) in [4.78, 5) is 6.31. The van der Waals surface area contributed by atoms with Crippen LogP contribution in [-0.4, -0.2) is 30.3 Å². The van der Waals surface area contributed by atoms with Crippen LogP contribution in [0.2, 0.25) is 0 Å². The summed E-state index contributed by atoms with van der Waals surface area (Å²) in [7, 11) is 1.99. The first-order valence-corrected chi connectivity index (χ1v) is 6.24. The maximum Gasteiger partial charge on any atom is 0.128 e. The van der Waals surface area contributed by atoms with Crippen LogP contribution in [0.3, 0.4) is 0 Å². The number of benzene rings is 1. The van der Waals surface area contributed by atoms with Crippen molar-refractivity contribution in [2.75, 3.05) is 25.1 Å². The molecule has 0 saturated carbocycles. The number of hydrogen-bond acceptors (Lipinski definition) is 4. The standard InChI is InChI=1S/C15H18N2O2/c1-17(15-4-2-3-9-16-15)10-11-19-14-7-5-13(12-18)6-8-14/h2-9,18H,10-12H2,1H3. The molecule has 1 aromatic carbocycles. The van der Waals surface area contributed by atoms with Crippen LogP contribution in [0.15, 0.2) is 48.7 Å². The summed E-state index contributed by atoms with van der Waals surface area (Å²) in [6.07, 6.45) is 1.78. The second-order valence-electron chi connectivity index (χ2n) is 4.26. The summed E-state index contributed by atoms with van der Waals surface area (Å²) >= 11 is 0. The molecule has 4 nitrogen and oxygen atoms in total. The van der Waals surface area contributed by atoms with Crippen molar-refractivity contribution in [2.45, 2.75) is 6.61 Å². The van der Waals surface area contributed by atoms with E-state index in [0.717, 1.165) is 23.7 Å². The molecule has 0 bridgehead atoms. The topological polar surface area (TPSA) is 45.6 Å². The van der Waals surface area contributed by atoms with E-state index in [1.54, 1.807) is 6.20 Å². The minimum atomic E-state index is 0.0582. The van der Waals surface area contributed by atoms with Crippen LogP contribution in [0.5, 0.6) is 5.75 Å². The lowest BCUT2D eigenvalue weighted by Crippen LogP contribution is -2.24. The van der Waals surface area contributed by atoms with E-state index in [9.17, 15) is 0 Å². The Kier molecular flexibility index (Phi) is 4.75. The summed E-state index contributed by atoms with van der Waals surface area (Å²) in [6, 6.07) is 13.3. The molecule has 0 radical (unpaired) electrons. The Bertz CT molecular complexity index is 485. The fourth-order valence-electron chi connectivity index (χ4n) is 1.69. The quantitative estimate of drug-likeness (QED) is 0.861. The number of nitrogens with zero attached hydrogens (tertiary/aromatic N) is 2. The van der Waals surface area contributed by atoms with Gasteiger partial charge in [0.25, 0.3) is 0 Å². The monoisotopic (exact) mass is 258 g/mol. The Hall–Kier alpha value is -2.07. The molecule has 0 aliphatic carbocycles. The number of aliphatic hydroxyl groups is 1. The Morgan fingerprint density at radius 1 is 1.16 bits per heavy atom. The highest BCUT2D eigenvalue weighted by molar-refractivity contribution is 5.36. The van der Waals surface area contributed by atoms with E-state index in [1.807, 2.05) is 54.4 Å². The number of aliphatic hydroxyl groups excluding tert-OH is 1. The molecule has 0 amide bonds. The first-order chi connectivity index (χ1) is 9.29. The second kappa shape index (κ2) is 6.75. The lowest BCUT2D eigenvalue weighted by Gasteiger charge is -2.18. The van der Waals surface area contributed by atoms with Gasteiger partial charge in [-0.3, -0.25) is 0 Å². The maximum absolute atomic E-state index is 8.95. The first-order valence-electron chi connectivity index (χ1n) is 6.24. The van der Waals surface area contributed by atoms with Crippen molar-refractivity contribution in [1.82, 2.24) is 4.98 Å². The molecule has 0 aliphatic heterocycles. The smallest absolute Gasteiger partial charge is 0.128 e. The van der Waals surface area contributed by atoms with E-state index in [-0.39, 0.29) is 6.61 Å². The van der Waals surface area contributed by atoms with Crippen molar-refractivity contribution >= 4 is 5.82 Å². The molecule has 0 unspecified atom stereocenters. The van der Waals surface area contributed by atoms with Crippen LogP contribution in [0.1, 0.15) is 5.56 Å². The van der Waals surface area contributed by atoms with Gasteiger partial charge in [0.2, 0.25) is 0 Å². The molecule has 19 heavy (non-hydrogen) atoms. The van der Waals surface area contributed by atoms with Crippen molar-refractivity contribution in [3.05, 3.63) is 54.2 Å². The van der Waals surface area contributed by atoms with Gasteiger partial charge in [-0.2, -0.15) is 0 Å². The predicted molar refractivity (Wildman–Crippen MR) is 75.4 cm³/mol. The van der Waals surface area contributed by atoms with Crippen molar-refractivity contribution in [2.24, 2.45) is 0 Å². The predicted octanol–water partition coefficient (Wildman–Crippen LogP) is 2.09. The Labute approximate surface area is 113 Å². The largest absolute Gasteiger partial charge is 0.492 e. The van der Waals surface area contributed by atoms with Crippen LogP contribution < -0.4 is 9.64 Å². The molecule has 100 valence electrons. The highest BCUT2D eigenvalue weighted by Gasteiger charge is 2.01. The number of hydrogen-bond donors (Lipinski definition) is 1. The average molecular weight is 258 g/mol. The Balaban J connectivity index is 1.79. The lowest BCUT2D eigenvalue weighted by atomic mass is 10.2. The molecule has 0 fully saturated rings. The van der Waals surface area contributed by atoms with Gasteiger partial charge in [0.05, 0.1) is 13.2 Å². The normalized spacial score (nSPS) is 10.2. The van der Waals surface area contributed by atoms with E-state index in [0.29, 0.717) is 6.61 Å². The zero-order valence-corrected chi connectivity index (χ0v) is 11.0. The van der Waals surface area contributed by atoms with Crippen molar-refractivity contribution in [3.8, 4) is 5.75 Å². The minimum absolute atomic E-state index is 0.0582. The van der Waals surface area contributed by atoms with E-state index in [2.05, 4.69) is 4.98 Å². The molecule has 2 rings (SSSR count). The molecule has 2 aromatic rings. The van der Waals surface area contributed by atoms with Gasteiger partial charge >= 0.3 is 0 Å². The number of rotatable bonds is 6. The summed E-state index contributed by atoms with van der Waals surface area (Å²) in [5, 5.41) is 8.95.